The van der Waals surface area contributed by atoms with Crippen LogP contribution in [0.25, 0.3) is 0 Å². The molecule has 30 heavy (non-hydrogen) atoms. The van der Waals surface area contributed by atoms with Gasteiger partial charge in [0.1, 0.15) is 5.60 Å². The number of carbonyl (C=O) groups is 1. The number of nitrogens with zero attached hydrogens (tertiary/aromatic N) is 4. The van der Waals surface area contributed by atoms with Crippen LogP contribution in [0.4, 0.5) is 4.79 Å². The van der Waals surface area contributed by atoms with Crippen molar-refractivity contribution in [3.8, 4) is 0 Å². The number of amides is 1. The lowest BCUT2D eigenvalue weighted by Crippen LogP contribution is -2.53. The van der Waals surface area contributed by atoms with E-state index in [-0.39, 0.29) is 36.1 Å². The highest BCUT2D eigenvalue weighted by Gasteiger charge is 2.33. The molecule has 3 aliphatic rings. The van der Waals surface area contributed by atoms with Gasteiger partial charge in [-0.2, -0.15) is 0 Å². The van der Waals surface area contributed by atoms with Crippen LogP contribution in [0.3, 0.4) is 0 Å². The SMILES string of the molecule is CN=C(NCC1CCCCN1C(=O)OC(C)(C)C)N1CCC(N2CCOCC2)C1.I. The lowest BCUT2D eigenvalue weighted by Gasteiger charge is -2.37. The highest BCUT2D eigenvalue weighted by atomic mass is 127. The Morgan fingerprint density at radius 2 is 1.87 bits per heavy atom. The summed E-state index contributed by atoms with van der Waals surface area (Å²) in [5, 5.41) is 3.54. The maximum absolute atomic E-state index is 12.6. The second-order valence-electron chi connectivity index (χ2n) is 9.29. The van der Waals surface area contributed by atoms with Crippen LogP contribution >= 0.6 is 24.0 Å². The molecule has 0 bridgehead atoms. The minimum atomic E-state index is -0.466. The fourth-order valence-electron chi connectivity index (χ4n) is 4.49. The van der Waals surface area contributed by atoms with Crippen molar-refractivity contribution in [2.45, 2.75) is 64.1 Å². The van der Waals surface area contributed by atoms with E-state index in [9.17, 15) is 4.79 Å². The predicted molar refractivity (Wildman–Crippen MR) is 130 cm³/mol. The number of ether oxygens (including phenoxy) is 2. The number of hydrogen-bond acceptors (Lipinski definition) is 5. The molecule has 0 aromatic rings. The standard InChI is InChI=1S/C21H39N5O3.HI/c1-21(2,3)29-20(27)26-9-6-5-7-17(26)15-23-19(22-4)25-10-8-18(16-25)24-11-13-28-14-12-24;/h17-18H,5-16H2,1-4H3,(H,22,23);1H. The molecule has 2 unspecified atom stereocenters. The van der Waals surface area contributed by atoms with Crippen molar-refractivity contribution in [2.75, 3.05) is 59.5 Å². The summed E-state index contributed by atoms with van der Waals surface area (Å²) in [5.74, 6) is 0.940. The number of morpholine rings is 1. The molecule has 9 heteroatoms. The fraction of sp³-hybridized carbons (Fsp3) is 0.905. The minimum Gasteiger partial charge on any atom is -0.444 e. The van der Waals surface area contributed by atoms with Crippen LogP contribution in [0.5, 0.6) is 0 Å². The number of nitrogens with one attached hydrogen (secondary N) is 1. The molecule has 8 nitrogen and oxygen atoms in total. The van der Waals surface area contributed by atoms with Crippen LogP contribution in [-0.2, 0) is 9.47 Å². The minimum absolute atomic E-state index is 0. The molecule has 3 saturated heterocycles. The molecule has 3 aliphatic heterocycles. The van der Waals surface area contributed by atoms with Gasteiger partial charge in [-0.1, -0.05) is 0 Å². The maximum Gasteiger partial charge on any atom is 0.410 e. The molecule has 1 N–H and O–H groups in total. The number of hydrogen-bond donors (Lipinski definition) is 1. The number of aliphatic imine (C=N–C) groups is 1. The number of carbonyl (C=O) groups excluding carboxylic acids is 1. The summed E-state index contributed by atoms with van der Waals surface area (Å²) in [7, 11) is 1.84. The first-order valence-corrected chi connectivity index (χ1v) is 11.1. The quantitative estimate of drug-likeness (QED) is 0.339. The monoisotopic (exact) mass is 537 g/mol. The van der Waals surface area contributed by atoms with Gasteiger partial charge in [0.05, 0.1) is 19.3 Å². The molecule has 1 amide bonds. The predicted octanol–water partition coefficient (Wildman–Crippen LogP) is 2.38. The summed E-state index contributed by atoms with van der Waals surface area (Å²) >= 11 is 0. The van der Waals surface area contributed by atoms with Crippen LogP contribution in [0, 0.1) is 0 Å². The second-order valence-corrected chi connectivity index (χ2v) is 9.29. The van der Waals surface area contributed by atoms with Crippen molar-refractivity contribution in [3.05, 3.63) is 0 Å². The Labute approximate surface area is 198 Å². The van der Waals surface area contributed by atoms with E-state index in [1.54, 1.807) is 0 Å². The van der Waals surface area contributed by atoms with Gasteiger partial charge in [0.25, 0.3) is 0 Å². The number of guanidine groups is 1. The maximum atomic E-state index is 12.6. The third-order valence-electron chi connectivity index (χ3n) is 5.99. The van der Waals surface area contributed by atoms with E-state index in [4.69, 9.17) is 9.47 Å². The Bertz CT molecular complexity index is 577. The molecular formula is C21H40IN5O3. The lowest BCUT2D eigenvalue weighted by molar-refractivity contribution is 0.0103. The molecule has 174 valence electrons. The molecule has 0 spiro atoms. The first kappa shape index (κ1) is 25.5. The number of halogens is 1. The van der Waals surface area contributed by atoms with Gasteiger partial charge in [-0.15, -0.1) is 24.0 Å². The smallest absolute Gasteiger partial charge is 0.410 e. The zero-order chi connectivity index (χ0) is 20.9. The second kappa shape index (κ2) is 11.7. The normalized spacial score (nSPS) is 26.3. The van der Waals surface area contributed by atoms with Gasteiger partial charge in [-0.05, 0) is 46.5 Å². The Hall–Kier alpha value is -0.810. The molecule has 3 rings (SSSR count). The van der Waals surface area contributed by atoms with E-state index in [1.807, 2.05) is 32.7 Å². The van der Waals surface area contributed by atoms with Crippen LogP contribution in [0.15, 0.2) is 4.99 Å². The molecule has 3 fully saturated rings. The van der Waals surface area contributed by atoms with Gasteiger partial charge >= 0.3 is 6.09 Å². The van der Waals surface area contributed by atoms with Gasteiger partial charge in [-0.25, -0.2) is 4.79 Å². The van der Waals surface area contributed by atoms with Crippen molar-refractivity contribution >= 4 is 36.0 Å². The van der Waals surface area contributed by atoms with Crippen molar-refractivity contribution in [3.63, 3.8) is 0 Å². The molecular weight excluding hydrogens is 497 g/mol. The third kappa shape index (κ3) is 7.12. The first-order chi connectivity index (χ1) is 13.9. The van der Waals surface area contributed by atoms with E-state index >= 15 is 0 Å². The van der Waals surface area contributed by atoms with Crippen LogP contribution in [0.1, 0.15) is 46.5 Å². The molecule has 2 atom stereocenters. The van der Waals surface area contributed by atoms with E-state index < -0.39 is 5.60 Å². The number of likely N-dealkylation sites (tertiary alicyclic amines) is 2. The Morgan fingerprint density at radius 1 is 1.13 bits per heavy atom. The Kier molecular flexibility index (Phi) is 9.93. The lowest BCUT2D eigenvalue weighted by atomic mass is 10.0. The summed E-state index contributed by atoms with van der Waals surface area (Å²) in [4.78, 5) is 23.9. The van der Waals surface area contributed by atoms with E-state index in [0.717, 1.165) is 77.6 Å². The highest BCUT2D eigenvalue weighted by molar-refractivity contribution is 14.0. The third-order valence-corrected chi connectivity index (χ3v) is 5.99. The summed E-state index contributed by atoms with van der Waals surface area (Å²) < 4.78 is 11.1. The highest BCUT2D eigenvalue weighted by Crippen LogP contribution is 2.21. The number of piperidine rings is 1. The van der Waals surface area contributed by atoms with Crippen LogP contribution in [-0.4, -0.2) is 104 Å². The van der Waals surface area contributed by atoms with Crippen molar-refractivity contribution in [1.29, 1.82) is 0 Å². The Morgan fingerprint density at radius 3 is 2.53 bits per heavy atom. The first-order valence-electron chi connectivity index (χ1n) is 11.1. The summed E-state index contributed by atoms with van der Waals surface area (Å²) in [6.45, 7) is 13.0. The van der Waals surface area contributed by atoms with Gasteiger partial charge in [-0.3, -0.25) is 9.89 Å². The molecule has 0 radical (unpaired) electrons. The van der Waals surface area contributed by atoms with Gasteiger partial charge in [0.2, 0.25) is 0 Å². The largest absolute Gasteiger partial charge is 0.444 e. The average Bonchev–Trinajstić information content (AvgIpc) is 3.18. The van der Waals surface area contributed by atoms with Crippen molar-refractivity contribution < 1.29 is 14.3 Å². The van der Waals surface area contributed by atoms with Crippen molar-refractivity contribution in [1.82, 2.24) is 20.0 Å². The molecule has 0 saturated carbocycles. The number of rotatable bonds is 3. The summed E-state index contributed by atoms with van der Waals surface area (Å²) in [6, 6.07) is 0.721. The Balaban J connectivity index is 0.00000320. The van der Waals surface area contributed by atoms with Gasteiger partial charge < -0.3 is 24.6 Å². The van der Waals surface area contributed by atoms with E-state index in [2.05, 4.69) is 20.1 Å². The van der Waals surface area contributed by atoms with Crippen molar-refractivity contribution in [2.24, 2.45) is 4.99 Å². The van der Waals surface area contributed by atoms with Gasteiger partial charge in [0, 0.05) is 52.4 Å². The summed E-state index contributed by atoms with van der Waals surface area (Å²) in [5.41, 5.74) is -0.466. The average molecular weight is 537 g/mol. The molecule has 0 aromatic heterocycles. The zero-order valence-electron chi connectivity index (χ0n) is 19.1. The zero-order valence-corrected chi connectivity index (χ0v) is 21.4. The van der Waals surface area contributed by atoms with Crippen LogP contribution < -0.4 is 5.32 Å². The van der Waals surface area contributed by atoms with E-state index in [1.165, 1.54) is 0 Å². The van der Waals surface area contributed by atoms with Crippen LogP contribution in [0.2, 0.25) is 0 Å². The molecule has 3 heterocycles. The topological polar surface area (TPSA) is 69.6 Å². The van der Waals surface area contributed by atoms with E-state index in [0.29, 0.717) is 12.6 Å². The summed E-state index contributed by atoms with van der Waals surface area (Å²) in [6.07, 6.45) is 4.14. The fourth-order valence-corrected chi connectivity index (χ4v) is 4.49. The molecule has 0 aliphatic carbocycles. The molecule has 0 aromatic carbocycles. The van der Waals surface area contributed by atoms with Gasteiger partial charge in [0.15, 0.2) is 5.96 Å².